The Morgan fingerprint density at radius 3 is 2.70 bits per heavy atom. The van der Waals surface area contributed by atoms with E-state index in [4.69, 9.17) is 0 Å². The summed E-state index contributed by atoms with van der Waals surface area (Å²) in [6, 6.07) is 4.92. The highest BCUT2D eigenvalue weighted by atomic mass is 15.2. The van der Waals surface area contributed by atoms with Crippen molar-refractivity contribution < 1.29 is 0 Å². The number of nitrogens with zero attached hydrogens (tertiary/aromatic N) is 2. The summed E-state index contributed by atoms with van der Waals surface area (Å²) in [6.07, 6.45) is 11.3. The third kappa shape index (κ3) is 4.20. The van der Waals surface area contributed by atoms with E-state index in [-0.39, 0.29) is 0 Å². The smallest absolute Gasteiger partial charge is 0.132 e. The number of hydrogen-bond donors (Lipinski definition) is 1. The van der Waals surface area contributed by atoms with E-state index < -0.39 is 0 Å². The first-order valence-corrected chi connectivity index (χ1v) is 8.20. The SMILES string of the molecule is CCCNCc1cccnc1N(C)C1CCCCCC1. The maximum absolute atomic E-state index is 4.65. The molecule has 0 aromatic carbocycles. The average molecular weight is 275 g/mol. The molecule has 1 aliphatic rings. The predicted molar refractivity (Wildman–Crippen MR) is 86.1 cm³/mol. The van der Waals surface area contributed by atoms with Crippen LogP contribution in [0.2, 0.25) is 0 Å². The molecule has 20 heavy (non-hydrogen) atoms. The van der Waals surface area contributed by atoms with E-state index in [1.165, 1.54) is 56.3 Å². The molecule has 0 unspecified atom stereocenters. The van der Waals surface area contributed by atoms with Gasteiger partial charge in [0.05, 0.1) is 0 Å². The number of hydrogen-bond acceptors (Lipinski definition) is 3. The van der Waals surface area contributed by atoms with Crippen LogP contribution in [0.4, 0.5) is 5.82 Å². The number of nitrogens with one attached hydrogen (secondary N) is 1. The van der Waals surface area contributed by atoms with Crippen LogP contribution in [0.3, 0.4) is 0 Å². The van der Waals surface area contributed by atoms with E-state index in [9.17, 15) is 0 Å². The monoisotopic (exact) mass is 275 g/mol. The van der Waals surface area contributed by atoms with Crippen LogP contribution in [-0.2, 0) is 6.54 Å². The first-order chi connectivity index (χ1) is 9.83. The third-order valence-corrected chi connectivity index (χ3v) is 4.32. The molecule has 1 saturated carbocycles. The first-order valence-electron chi connectivity index (χ1n) is 8.20. The van der Waals surface area contributed by atoms with Gasteiger partial charge in [-0.2, -0.15) is 0 Å². The molecule has 0 aliphatic heterocycles. The van der Waals surface area contributed by atoms with E-state index in [1.54, 1.807) is 0 Å². The summed E-state index contributed by atoms with van der Waals surface area (Å²) in [5, 5.41) is 3.50. The summed E-state index contributed by atoms with van der Waals surface area (Å²) in [5.41, 5.74) is 1.33. The lowest BCUT2D eigenvalue weighted by Gasteiger charge is -2.30. The van der Waals surface area contributed by atoms with E-state index in [1.807, 2.05) is 12.3 Å². The van der Waals surface area contributed by atoms with Crippen molar-refractivity contribution >= 4 is 5.82 Å². The molecule has 0 spiro atoms. The molecule has 1 fully saturated rings. The summed E-state index contributed by atoms with van der Waals surface area (Å²) in [4.78, 5) is 7.07. The molecular weight excluding hydrogens is 246 g/mol. The molecule has 1 aliphatic carbocycles. The normalized spacial score (nSPS) is 16.9. The molecule has 2 rings (SSSR count). The topological polar surface area (TPSA) is 28.2 Å². The Balaban J connectivity index is 2.05. The minimum Gasteiger partial charge on any atom is -0.356 e. The number of pyridine rings is 1. The third-order valence-electron chi connectivity index (χ3n) is 4.32. The summed E-state index contributed by atoms with van der Waals surface area (Å²) >= 11 is 0. The lowest BCUT2D eigenvalue weighted by atomic mass is 10.1. The highest BCUT2D eigenvalue weighted by molar-refractivity contribution is 5.46. The minimum atomic E-state index is 0.664. The van der Waals surface area contributed by atoms with Crippen LogP contribution in [0, 0.1) is 0 Å². The minimum absolute atomic E-state index is 0.664. The summed E-state index contributed by atoms with van der Waals surface area (Å²) < 4.78 is 0. The fourth-order valence-corrected chi connectivity index (χ4v) is 3.10. The van der Waals surface area contributed by atoms with Gasteiger partial charge >= 0.3 is 0 Å². The lowest BCUT2D eigenvalue weighted by molar-refractivity contribution is 0.546. The van der Waals surface area contributed by atoms with Gasteiger partial charge in [0, 0.05) is 31.4 Å². The van der Waals surface area contributed by atoms with Gasteiger partial charge in [-0.3, -0.25) is 0 Å². The molecule has 1 aromatic heterocycles. The van der Waals surface area contributed by atoms with Crippen LogP contribution in [-0.4, -0.2) is 24.6 Å². The number of rotatable bonds is 6. The van der Waals surface area contributed by atoms with Gasteiger partial charge in [0.1, 0.15) is 5.82 Å². The molecule has 0 radical (unpaired) electrons. The van der Waals surface area contributed by atoms with Gasteiger partial charge in [-0.1, -0.05) is 38.7 Å². The Hall–Kier alpha value is -1.09. The van der Waals surface area contributed by atoms with Crippen molar-refractivity contribution in [1.82, 2.24) is 10.3 Å². The van der Waals surface area contributed by atoms with Gasteiger partial charge in [0.15, 0.2) is 0 Å². The largest absolute Gasteiger partial charge is 0.356 e. The number of anilines is 1. The van der Waals surface area contributed by atoms with E-state index in [0.29, 0.717) is 6.04 Å². The quantitative estimate of drug-likeness (QED) is 0.633. The van der Waals surface area contributed by atoms with Crippen molar-refractivity contribution in [3.8, 4) is 0 Å². The van der Waals surface area contributed by atoms with Gasteiger partial charge in [-0.05, 0) is 31.9 Å². The van der Waals surface area contributed by atoms with Crippen LogP contribution in [0.25, 0.3) is 0 Å². The molecule has 112 valence electrons. The second-order valence-corrected chi connectivity index (χ2v) is 5.92. The Morgan fingerprint density at radius 2 is 2.00 bits per heavy atom. The average Bonchev–Trinajstić information content (AvgIpc) is 2.76. The molecule has 3 nitrogen and oxygen atoms in total. The van der Waals surface area contributed by atoms with Crippen molar-refractivity contribution in [2.45, 2.75) is 64.5 Å². The van der Waals surface area contributed by atoms with Crippen LogP contribution in [0.15, 0.2) is 18.3 Å². The highest BCUT2D eigenvalue weighted by Gasteiger charge is 2.19. The Bertz CT molecular complexity index is 384. The van der Waals surface area contributed by atoms with Crippen molar-refractivity contribution in [1.29, 1.82) is 0 Å². The van der Waals surface area contributed by atoms with Gasteiger partial charge in [0.25, 0.3) is 0 Å². The molecule has 1 heterocycles. The standard InChI is InChI=1S/C17H29N3/c1-3-12-18-14-15-9-8-13-19-17(15)20(2)16-10-6-4-5-7-11-16/h8-9,13,16,18H,3-7,10-12,14H2,1-2H3. The van der Waals surface area contributed by atoms with Crippen molar-refractivity contribution in [2.75, 3.05) is 18.5 Å². The van der Waals surface area contributed by atoms with E-state index in [2.05, 4.69) is 35.2 Å². The second kappa shape index (κ2) is 8.25. The zero-order chi connectivity index (χ0) is 14.2. The molecular formula is C17H29N3. The lowest BCUT2D eigenvalue weighted by Crippen LogP contribution is -2.33. The molecule has 3 heteroatoms. The van der Waals surface area contributed by atoms with Gasteiger partial charge < -0.3 is 10.2 Å². The molecule has 0 bridgehead atoms. The van der Waals surface area contributed by atoms with Gasteiger partial charge in [-0.25, -0.2) is 4.98 Å². The Morgan fingerprint density at radius 1 is 1.25 bits per heavy atom. The summed E-state index contributed by atoms with van der Waals surface area (Å²) in [6.45, 7) is 4.20. The Labute approximate surface area is 123 Å². The first kappa shape index (κ1) is 15.3. The number of aromatic nitrogens is 1. The Kier molecular flexibility index (Phi) is 6.31. The van der Waals surface area contributed by atoms with Crippen LogP contribution in [0.1, 0.15) is 57.4 Å². The maximum atomic E-state index is 4.65. The van der Waals surface area contributed by atoms with Crippen molar-refractivity contribution in [2.24, 2.45) is 0 Å². The summed E-state index contributed by atoms with van der Waals surface area (Å²) in [7, 11) is 2.22. The molecule has 0 amide bonds. The van der Waals surface area contributed by atoms with Crippen molar-refractivity contribution in [3.63, 3.8) is 0 Å². The van der Waals surface area contributed by atoms with Crippen molar-refractivity contribution in [3.05, 3.63) is 23.9 Å². The van der Waals surface area contributed by atoms with Gasteiger partial charge in [0.2, 0.25) is 0 Å². The fourth-order valence-electron chi connectivity index (χ4n) is 3.10. The second-order valence-electron chi connectivity index (χ2n) is 5.92. The summed E-state index contributed by atoms with van der Waals surface area (Å²) in [5.74, 6) is 1.17. The maximum Gasteiger partial charge on any atom is 0.132 e. The zero-order valence-corrected chi connectivity index (χ0v) is 13.1. The molecule has 1 N–H and O–H groups in total. The zero-order valence-electron chi connectivity index (χ0n) is 13.1. The molecule has 0 atom stereocenters. The molecule has 1 aromatic rings. The fraction of sp³-hybridized carbons (Fsp3) is 0.706. The van der Waals surface area contributed by atoms with Crippen LogP contribution in [0.5, 0.6) is 0 Å². The molecule has 0 saturated heterocycles. The highest BCUT2D eigenvalue weighted by Crippen LogP contribution is 2.26. The van der Waals surface area contributed by atoms with Crippen LogP contribution < -0.4 is 10.2 Å². The van der Waals surface area contributed by atoms with Crippen LogP contribution >= 0.6 is 0 Å². The van der Waals surface area contributed by atoms with Gasteiger partial charge in [-0.15, -0.1) is 0 Å². The predicted octanol–water partition coefficient (Wildman–Crippen LogP) is 3.74. The van der Waals surface area contributed by atoms with E-state index in [0.717, 1.165) is 13.1 Å². The van der Waals surface area contributed by atoms with E-state index >= 15 is 0 Å².